The third-order valence-electron chi connectivity index (χ3n) is 3.95. The summed E-state index contributed by atoms with van der Waals surface area (Å²) in [5.41, 5.74) is 0. The zero-order chi connectivity index (χ0) is 18.0. The highest BCUT2D eigenvalue weighted by molar-refractivity contribution is 5.85. The van der Waals surface area contributed by atoms with Crippen molar-refractivity contribution in [2.45, 2.75) is 96.8 Å². The second kappa shape index (κ2) is 16.5. The average Bonchev–Trinajstić information content (AvgIpc) is 2.56. The maximum atomic E-state index is 11.5. The van der Waals surface area contributed by atoms with Gasteiger partial charge in [0.25, 0.3) is 0 Å². The minimum Gasteiger partial charge on any atom is -0.469 e. The van der Waals surface area contributed by atoms with Gasteiger partial charge in [-0.15, -0.1) is 0 Å². The van der Waals surface area contributed by atoms with Crippen LogP contribution in [0, 0.1) is 0 Å². The maximum absolute atomic E-state index is 11.5. The SMILES string of the molecule is CCCCCCCCC(=O)OC(=O)CCCCCCCC(=O)OC. The maximum Gasteiger partial charge on any atom is 0.313 e. The highest BCUT2D eigenvalue weighted by Gasteiger charge is 2.09. The minimum absolute atomic E-state index is 0.178. The Morgan fingerprint density at radius 3 is 1.38 bits per heavy atom. The molecule has 0 saturated carbocycles. The molecule has 0 aliphatic heterocycles. The Labute approximate surface area is 146 Å². The van der Waals surface area contributed by atoms with Gasteiger partial charge >= 0.3 is 17.9 Å². The van der Waals surface area contributed by atoms with Gasteiger partial charge in [0.2, 0.25) is 0 Å². The first-order valence-corrected chi connectivity index (χ1v) is 9.40. The van der Waals surface area contributed by atoms with Crippen LogP contribution in [-0.4, -0.2) is 25.0 Å². The number of ether oxygens (including phenoxy) is 2. The van der Waals surface area contributed by atoms with E-state index < -0.39 is 11.9 Å². The van der Waals surface area contributed by atoms with Gasteiger partial charge in [-0.3, -0.25) is 14.4 Å². The Kier molecular flexibility index (Phi) is 15.5. The molecular weight excluding hydrogens is 308 g/mol. The summed E-state index contributed by atoms with van der Waals surface area (Å²) in [6, 6.07) is 0. The summed E-state index contributed by atoms with van der Waals surface area (Å²) in [4.78, 5) is 34.0. The highest BCUT2D eigenvalue weighted by Crippen LogP contribution is 2.10. The third kappa shape index (κ3) is 15.5. The van der Waals surface area contributed by atoms with Crippen LogP contribution in [0.3, 0.4) is 0 Å². The quantitative estimate of drug-likeness (QED) is 0.245. The van der Waals surface area contributed by atoms with Gasteiger partial charge in [0.1, 0.15) is 0 Å². The van der Waals surface area contributed by atoms with Crippen LogP contribution in [0.4, 0.5) is 0 Å². The highest BCUT2D eigenvalue weighted by atomic mass is 16.6. The Hall–Kier alpha value is -1.39. The smallest absolute Gasteiger partial charge is 0.313 e. The molecule has 0 heterocycles. The van der Waals surface area contributed by atoms with E-state index >= 15 is 0 Å². The average molecular weight is 342 g/mol. The van der Waals surface area contributed by atoms with Crippen molar-refractivity contribution in [3.05, 3.63) is 0 Å². The van der Waals surface area contributed by atoms with Gasteiger partial charge in [-0.2, -0.15) is 0 Å². The van der Waals surface area contributed by atoms with Gasteiger partial charge in [-0.05, 0) is 19.3 Å². The summed E-state index contributed by atoms with van der Waals surface area (Å²) in [6.45, 7) is 2.17. The summed E-state index contributed by atoms with van der Waals surface area (Å²) in [6.07, 6.45) is 12.1. The van der Waals surface area contributed by atoms with Crippen molar-refractivity contribution in [3.63, 3.8) is 0 Å². The van der Waals surface area contributed by atoms with Crippen LogP contribution in [0.1, 0.15) is 96.8 Å². The molecule has 0 N–H and O–H groups in total. The molecule has 0 aliphatic carbocycles. The predicted octanol–water partition coefficient (Wildman–Crippen LogP) is 4.71. The summed E-state index contributed by atoms with van der Waals surface area (Å²) in [5, 5.41) is 0. The van der Waals surface area contributed by atoms with Crippen molar-refractivity contribution in [3.8, 4) is 0 Å². The number of carbonyl (C=O) groups is 3. The lowest BCUT2D eigenvalue weighted by Crippen LogP contribution is -2.11. The van der Waals surface area contributed by atoms with Gasteiger partial charge in [0, 0.05) is 19.3 Å². The molecule has 0 fully saturated rings. The molecule has 24 heavy (non-hydrogen) atoms. The van der Waals surface area contributed by atoms with Gasteiger partial charge in [0.15, 0.2) is 0 Å². The molecule has 0 atom stereocenters. The molecule has 0 saturated heterocycles. The summed E-state index contributed by atoms with van der Waals surface area (Å²) in [7, 11) is 1.39. The molecule has 0 aromatic rings. The number of esters is 3. The molecule has 0 rings (SSSR count). The van der Waals surface area contributed by atoms with E-state index in [1.165, 1.54) is 26.4 Å². The van der Waals surface area contributed by atoms with Gasteiger partial charge in [0.05, 0.1) is 7.11 Å². The van der Waals surface area contributed by atoms with Crippen LogP contribution in [-0.2, 0) is 23.9 Å². The van der Waals surface area contributed by atoms with Crippen LogP contribution in [0.25, 0.3) is 0 Å². The molecule has 140 valence electrons. The van der Waals surface area contributed by atoms with E-state index in [1.807, 2.05) is 0 Å². The van der Waals surface area contributed by atoms with Crippen LogP contribution < -0.4 is 0 Å². The number of hydrogen-bond donors (Lipinski definition) is 0. The van der Waals surface area contributed by atoms with Crippen molar-refractivity contribution in [1.82, 2.24) is 0 Å². The van der Waals surface area contributed by atoms with Gasteiger partial charge in [-0.1, -0.05) is 58.3 Å². The Bertz CT molecular complexity index is 352. The van der Waals surface area contributed by atoms with Crippen molar-refractivity contribution in [1.29, 1.82) is 0 Å². The summed E-state index contributed by atoms with van der Waals surface area (Å²) in [5.74, 6) is -0.989. The second-order valence-electron chi connectivity index (χ2n) is 6.21. The van der Waals surface area contributed by atoms with E-state index in [0.717, 1.165) is 51.4 Å². The molecule has 0 unspecified atom stereocenters. The first-order valence-electron chi connectivity index (χ1n) is 9.40. The standard InChI is InChI=1S/C19H34O5/c1-3-4-5-6-8-12-15-18(21)24-19(22)16-13-10-7-9-11-14-17(20)23-2/h3-16H2,1-2H3. The summed E-state index contributed by atoms with van der Waals surface area (Å²) < 4.78 is 9.38. The van der Waals surface area contributed by atoms with Crippen LogP contribution in [0.5, 0.6) is 0 Å². The fourth-order valence-corrected chi connectivity index (χ4v) is 2.45. The second-order valence-corrected chi connectivity index (χ2v) is 6.21. The summed E-state index contributed by atoms with van der Waals surface area (Å²) >= 11 is 0. The number of rotatable bonds is 15. The molecule has 0 bridgehead atoms. The lowest BCUT2D eigenvalue weighted by atomic mass is 10.1. The zero-order valence-electron chi connectivity index (χ0n) is 15.4. The van der Waals surface area contributed by atoms with Crippen molar-refractivity contribution in [2.24, 2.45) is 0 Å². The van der Waals surface area contributed by atoms with E-state index in [4.69, 9.17) is 4.74 Å². The number of unbranched alkanes of at least 4 members (excludes halogenated alkanes) is 9. The van der Waals surface area contributed by atoms with Crippen molar-refractivity contribution in [2.75, 3.05) is 7.11 Å². The van der Waals surface area contributed by atoms with Gasteiger partial charge in [-0.25, -0.2) is 0 Å². The molecule has 0 aromatic carbocycles. The molecule has 0 aliphatic rings. The Balaban J connectivity index is 3.41. The number of hydrogen-bond acceptors (Lipinski definition) is 5. The zero-order valence-corrected chi connectivity index (χ0v) is 15.4. The monoisotopic (exact) mass is 342 g/mol. The predicted molar refractivity (Wildman–Crippen MR) is 93.4 cm³/mol. The largest absolute Gasteiger partial charge is 0.469 e. The number of carbonyl (C=O) groups excluding carboxylic acids is 3. The molecule has 0 amide bonds. The fraction of sp³-hybridized carbons (Fsp3) is 0.842. The third-order valence-corrected chi connectivity index (χ3v) is 3.95. The Morgan fingerprint density at radius 1 is 0.583 bits per heavy atom. The molecule has 0 radical (unpaired) electrons. The van der Waals surface area contributed by atoms with E-state index in [9.17, 15) is 14.4 Å². The van der Waals surface area contributed by atoms with E-state index in [0.29, 0.717) is 19.3 Å². The molecule has 5 heteroatoms. The van der Waals surface area contributed by atoms with Crippen molar-refractivity contribution < 1.29 is 23.9 Å². The molecule has 5 nitrogen and oxygen atoms in total. The molecule has 0 spiro atoms. The van der Waals surface area contributed by atoms with Gasteiger partial charge < -0.3 is 9.47 Å². The van der Waals surface area contributed by atoms with E-state index in [1.54, 1.807) is 0 Å². The lowest BCUT2D eigenvalue weighted by molar-refractivity contribution is -0.159. The first kappa shape index (κ1) is 22.6. The van der Waals surface area contributed by atoms with Crippen LogP contribution in [0.15, 0.2) is 0 Å². The Morgan fingerprint density at radius 2 is 0.958 bits per heavy atom. The fourth-order valence-electron chi connectivity index (χ4n) is 2.45. The van der Waals surface area contributed by atoms with Crippen molar-refractivity contribution >= 4 is 17.9 Å². The van der Waals surface area contributed by atoms with E-state index in [2.05, 4.69) is 11.7 Å². The normalized spacial score (nSPS) is 10.4. The molecular formula is C19H34O5. The van der Waals surface area contributed by atoms with E-state index in [-0.39, 0.29) is 5.97 Å². The topological polar surface area (TPSA) is 69.7 Å². The molecule has 0 aromatic heterocycles. The lowest BCUT2D eigenvalue weighted by Gasteiger charge is -2.04. The van der Waals surface area contributed by atoms with Crippen LogP contribution in [0.2, 0.25) is 0 Å². The minimum atomic E-state index is -0.416. The number of methoxy groups -OCH3 is 1. The van der Waals surface area contributed by atoms with Crippen LogP contribution >= 0.6 is 0 Å². The first-order chi connectivity index (χ1) is 11.6.